The summed E-state index contributed by atoms with van der Waals surface area (Å²) in [6.45, 7) is 3.26. The summed E-state index contributed by atoms with van der Waals surface area (Å²) in [6.07, 6.45) is 2.38. The molecule has 0 bridgehead atoms. The maximum Gasteiger partial charge on any atom is 0.247 e. The molecule has 0 saturated carbocycles. The van der Waals surface area contributed by atoms with Crippen molar-refractivity contribution in [1.82, 2.24) is 4.90 Å². The van der Waals surface area contributed by atoms with Gasteiger partial charge in [0.15, 0.2) is 0 Å². The molecule has 2 unspecified atom stereocenters. The second-order valence-electron chi connectivity index (χ2n) is 4.41. The number of hydrogen-bond donors (Lipinski definition) is 2. The van der Waals surface area contributed by atoms with Crippen molar-refractivity contribution in [2.24, 2.45) is 5.73 Å². The molecule has 0 aromatic carbocycles. The highest BCUT2D eigenvalue weighted by Crippen LogP contribution is 2.16. The van der Waals surface area contributed by atoms with E-state index < -0.39 is 12.0 Å². The van der Waals surface area contributed by atoms with E-state index in [0.29, 0.717) is 6.54 Å². The molecule has 0 radical (unpaired) electrons. The van der Waals surface area contributed by atoms with Crippen LogP contribution in [0.1, 0.15) is 13.3 Å². The number of morpholine rings is 1. The number of aliphatic hydroxyl groups is 1. The molecule has 0 aromatic heterocycles. The van der Waals surface area contributed by atoms with Gasteiger partial charge in [0.1, 0.15) is 6.10 Å². The average Bonchev–Trinajstić information content (AvgIpc) is 2.29. The largest absolute Gasteiger partial charge is 0.395 e. The second-order valence-corrected chi connectivity index (χ2v) is 5.40. The first-order valence-corrected chi connectivity index (χ1v) is 7.26. The first kappa shape index (κ1) is 14.8. The van der Waals surface area contributed by atoms with Gasteiger partial charge < -0.3 is 15.6 Å². The number of primary amides is 1. The monoisotopic (exact) mass is 262 g/mol. The van der Waals surface area contributed by atoms with Gasteiger partial charge in [-0.2, -0.15) is 11.8 Å². The van der Waals surface area contributed by atoms with E-state index in [1.54, 1.807) is 11.8 Å². The third kappa shape index (κ3) is 4.46. The van der Waals surface area contributed by atoms with Gasteiger partial charge in [-0.25, -0.2) is 0 Å². The number of carbonyl (C=O) groups is 1. The molecule has 1 rings (SSSR count). The Morgan fingerprint density at radius 2 is 2.35 bits per heavy atom. The molecule has 0 aliphatic carbocycles. The molecule has 1 heterocycles. The van der Waals surface area contributed by atoms with Crippen LogP contribution in [0.4, 0.5) is 0 Å². The average molecular weight is 262 g/mol. The Labute approximate surface area is 107 Å². The Hall–Kier alpha value is -0.300. The van der Waals surface area contributed by atoms with Gasteiger partial charge in [-0.3, -0.25) is 9.69 Å². The number of carbonyl (C=O) groups excluding carboxylic acids is 1. The molecule has 3 N–H and O–H groups in total. The number of ether oxygens (including phenoxy) is 1. The molecular weight excluding hydrogens is 240 g/mol. The predicted molar refractivity (Wildman–Crippen MR) is 69.0 cm³/mol. The lowest BCUT2D eigenvalue weighted by Crippen LogP contribution is -2.55. The molecule has 1 saturated heterocycles. The van der Waals surface area contributed by atoms with E-state index in [2.05, 4.69) is 4.90 Å². The number of rotatable bonds is 6. The highest BCUT2D eigenvalue weighted by Gasteiger charge is 2.32. The van der Waals surface area contributed by atoms with Crippen molar-refractivity contribution >= 4 is 17.7 Å². The third-order valence-electron chi connectivity index (χ3n) is 2.99. The summed E-state index contributed by atoms with van der Waals surface area (Å²) >= 11 is 1.76. The molecule has 1 aliphatic rings. The minimum absolute atomic E-state index is 0.0235. The zero-order valence-electron chi connectivity index (χ0n) is 10.5. The normalized spacial score (nSPS) is 27.9. The predicted octanol–water partition coefficient (Wildman–Crippen LogP) is -0.325. The molecular formula is C11H22N2O3S. The number of aliphatic hydroxyl groups excluding tert-OH is 1. The quantitative estimate of drug-likeness (QED) is 0.686. The van der Waals surface area contributed by atoms with Crippen LogP contribution in [-0.2, 0) is 9.53 Å². The van der Waals surface area contributed by atoms with Crippen LogP contribution in [-0.4, -0.2) is 65.9 Å². The maximum atomic E-state index is 11.2. The summed E-state index contributed by atoms with van der Waals surface area (Å²) < 4.78 is 5.47. The maximum absolute atomic E-state index is 11.2. The fraction of sp³-hybridized carbons (Fsp3) is 0.909. The van der Waals surface area contributed by atoms with E-state index >= 15 is 0 Å². The van der Waals surface area contributed by atoms with E-state index in [0.717, 1.165) is 18.7 Å². The van der Waals surface area contributed by atoms with Gasteiger partial charge in [-0.05, 0) is 25.4 Å². The van der Waals surface area contributed by atoms with Crippen molar-refractivity contribution in [3.05, 3.63) is 0 Å². The highest BCUT2D eigenvalue weighted by molar-refractivity contribution is 7.98. The van der Waals surface area contributed by atoms with Gasteiger partial charge in [0.25, 0.3) is 0 Å². The van der Waals surface area contributed by atoms with Crippen molar-refractivity contribution in [2.45, 2.75) is 31.6 Å². The van der Waals surface area contributed by atoms with Crippen molar-refractivity contribution in [2.75, 3.05) is 31.7 Å². The Morgan fingerprint density at radius 3 is 2.88 bits per heavy atom. The number of hydrogen-bond acceptors (Lipinski definition) is 5. The summed E-state index contributed by atoms with van der Waals surface area (Å²) in [5, 5.41) is 9.41. The van der Waals surface area contributed by atoms with E-state index in [-0.39, 0.29) is 18.8 Å². The molecule has 1 fully saturated rings. The Balaban J connectivity index is 2.57. The molecule has 0 spiro atoms. The van der Waals surface area contributed by atoms with Crippen molar-refractivity contribution in [3.63, 3.8) is 0 Å². The lowest BCUT2D eigenvalue weighted by Gasteiger charge is -2.39. The van der Waals surface area contributed by atoms with Gasteiger partial charge in [-0.1, -0.05) is 0 Å². The second kappa shape index (κ2) is 7.20. The molecule has 0 aromatic rings. The minimum Gasteiger partial charge on any atom is -0.395 e. The summed E-state index contributed by atoms with van der Waals surface area (Å²) in [5.41, 5.74) is 5.28. The molecule has 3 atom stereocenters. The summed E-state index contributed by atoms with van der Waals surface area (Å²) in [7, 11) is 0. The first-order chi connectivity index (χ1) is 8.08. The number of nitrogens with two attached hydrogens (primary N) is 1. The molecule has 1 amide bonds. The SMILES string of the molecule is CSCC[C@@H](CO)N1CC(C)OC(C(N)=O)C1. The van der Waals surface area contributed by atoms with Crippen LogP contribution in [0.25, 0.3) is 0 Å². The van der Waals surface area contributed by atoms with Crippen molar-refractivity contribution < 1.29 is 14.6 Å². The van der Waals surface area contributed by atoms with Crippen LogP contribution >= 0.6 is 11.8 Å². The Bertz CT molecular complexity index is 253. The minimum atomic E-state index is -0.554. The van der Waals surface area contributed by atoms with E-state index in [1.165, 1.54) is 0 Å². The van der Waals surface area contributed by atoms with Gasteiger partial charge in [-0.15, -0.1) is 0 Å². The van der Waals surface area contributed by atoms with Crippen LogP contribution < -0.4 is 5.73 Å². The summed E-state index contributed by atoms with van der Waals surface area (Å²) in [5.74, 6) is 0.571. The topological polar surface area (TPSA) is 75.8 Å². The van der Waals surface area contributed by atoms with Gasteiger partial charge >= 0.3 is 0 Å². The van der Waals surface area contributed by atoms with Crippen molar-refractivity contribution in [1.29, 1.82) is 0 Å². The number of thioether (sulfide) groups is 1. The van der Waals surface area contributed by atoms with Gasteiger partial charge in [0.05, 0.1) is 12.7 Å². The van der Waals surface area contributed by atoms with Gasteiger partial charge in [0, 0.05) is 19.1 Å². The summed E-state index contributed by atoms with van der Waals surface area (Å²) in [4.78, 5) is 13.3. The molecule has 1 aliphatic heterocycles. The third-order valence-corrected chi connectivity index (χ3v) is 3.63. The molecule has 6 heteroatoms. The molecule has 17 heavy (non-hydrogen) atoms. The number of nitrogens with zero attached hydrogens (tertiary/aromatic N) is 1. The fourth-order valence-corrected chi connectivity index (χ4v) is 2.59. The zero-order chi connectivity index (χ0) is 12.8. The van der Waals surface area contributed by atoms with Crippen LogP contribution in [0.2, 0.25) is 0 Å². The Morgan fingerprint density at radius 1 is 1.65 bits per heavy atom. The van der Waals surface area contributed by atoms with Gasteiger partial charge in [0.2, 0.25) is 5.91 Å². The van der Waals surface area contributed by atoms with Crippen LogP contribution in [0.5, 0.6) is 0 Å². The first-order valence-electron chi connectivity index (χ1n) is 5.87. The lowest BCUT2D eigenvalue weighted by atomic mass is 10.1. The lowest BCUT2D eigenvalue weighted by molar-refractivity contribution is -0.145. The van der Waals surface area contributed by atoms with Crippen molar-refractivity contribution in [3.8, 4) is 0 Å². The smallest absolute Gasteiger partial charge is 0.247 e. The molecule has 5 nitrogen and oxygen atoms in total. The number of amides is 1. The standard InChI is InChI=1S/C11H22N2O3S/c1-8-5-13(6-10(16-8)11(12)15)9(7-14)3-4-17-2/h8-10,14H,3-7H2,1-2H3,(H2,12,15)/t8?,9-,10?/m0/s1. The van der Waals surface area contributed by atoms with Crippen LogP contribution in [0.3, 0.4) is 0 Å². The van der Waals surface area contributed by atoms with E-state index in [4.69, 9.17) is 10.5 Å². The summed E-state index contributed by atoms with van der Waals surface area (Å²) in [6, 6.07) is 0.0932. The van der Waals surface area contributed by atoms with Crippen LogP contribution in [0.15, 0.2) is 0 Å². The highest BCUT2D eigenvalue weighted by atomic mass is 32.2. The van der Waals surface area contributed by atoms with E-state index in [9.17, 15) is 9.90 Å². The Kier molecular flexibility index (Phi) is 6.26. The fourth-order valence-electron chi connectivity index (χ4n) is 2.08. The zero-order valence-corrected chi connectivity index (χ0v) is 11.3. The van der Waals surface area contributed by atoms with Crippen LogP contribution in [0, 0.1) is 0 Å². The van der Waals surface area contributed by atoms with E-state index in [1.807, 2.05) is 13.2 Å². The molecule has 100 valence electrons.